The van der Waals surface area contributed by atoms with Gasteiger partial charge in [-0.2, -0.15) is 0 Å². The van der Waals surface area contributed by atoms with E-state index in [0.29, 0.717) is 29.7 Å². The van der Waals surface area contributed by atoms with E-state index in [4.69, 9.17) is 21.1 Å². The van der Waals surface area contributed by atoms with Crippen molar-refractivity contribution in [2.45, 2.75) is 26.3 Å². The molecular weight excluding hydrogens is 388 g/mol. The second-order valence-corrected chi connectivity index (χ2v) is 7.29. The molecule has 0 radical (unpaired) electrons. The Balaban J connectivity index is 1.56. The number of nitrogens with one attached hydrogen (secondary N) is 1. The van der Waals surface area contributed by atoms with Gasteiger partial charge in [0.1, 0.15) is 0 Å². The number of carbonyl (C=O) groups excluding carboxylic acids is 1. The minimum absolute atomic E-state index is 0.169. The summed E-state index contributed by atoms with van der Waals surface area (Å²) in [5, 5.41) is 3.35. The number of nitrogens with zero attached hydrogens (tertiary/aromatic N) is 1. The average molecular weight is 415 g/mol. The summed E-state index contributed by atoms with van der Waals surface area (Å²) < 4.78 is 10.8. The number of hydrogen-bond donors (Lipinski definition) is 1. The normalized spacial score (nSPS) is 13.7. The van der Waals surface area contributed by atoms with E-state index in [1.807, 2.05) is 6.92 Å². The van der Waals surface area contributed by atoms with Crippen LogP contribution in [0.2, 0.25) is 5.02 Å². The molecule has 0 aromatic heterocycles. The van der Waals surface area contributed by atoms with Crippen LogP contribution in [0.4, 0.5) is 5.69 Å². The lowest BCUT2D eigenvalue weighted by molar-refractivity contribution is -0.116. The molecule has 0 atom stereocenters. The fraction of sp³-hybridized carbons (Fsp3) is 0.348. The zero-order valence-electron chi connectivity index (χ0n) is 16.9. The third kappa shape index (κ3) is 5.67. The van der Waals surface area contributed by atoms with Crippen LogP contribution < -0.4 is 19.7 Å². The Morgan fingerprint density at radius 2 is 1.93 bits per heavy atom. The van der Waals surface area contributed by atoms with Crippen molar-refractivity contribution in [2.24, 2.45) is 0 Å². The molecule has 6 heteroatoms. The van der Waals surface area contributed by atoms with Gasteiger partial charge in [0, 0.05) is 31.4 Å². The second-order valence-electron chi connectivity index (χ2n) is 6.88. The number of carbonyl (C=O) groups is 1. The van der Waals surface area contributed by atoms with E-state index in [1.54, 1.807) is 25.3 Å². The molecule has 1 N–H and O–H groups in total. The van der Waals surface area contributed by atoms with E-state index in [-0.39, 0.29) is 5.91 Å². The monoisotopic (exact) mass is 414 g/mol. The largest absolute Gasteiger partial charge is 0.493 e. The van der Waals surface area contributed by atoms with Crippen LogP contribution in [0.15, 0.2) is 42.5 Å². The number of ether oxygens (including phenoxy) is 2. The fourth-order valence-corrected chi connectivity index (χ4v) is 3.61. The molecule has 154 valence electrons. The number of benzene rings is 2. The van der Waals surface area contributed by atoms with E-state index in [0.717, 1.165) is 24.2 Å². The molecule has 1 aliphatic rings. The van der Waals surface area contributed by atoms with Crippen LogP contribution in [-0.2, 0) is 11.3 Å². The molecule has 0 unspecified atom stereocenters. The standard InChI is InChI=1S/C23H27ClN2O3/c1-3-29-23-20(24)14-18(15-21(23)28-2)8-11-22(27)25-16-17-6-9-19(10-7-17)26-12-4-5-13-26/h6-11,14-15H,3-5,12-13,16H2,1-2H3,(H,25,27). The van der Waals surface area contributed by atoms with Crippen LogP contribution in [-0.4, -0.2) is 32.7 Å². The van der Waals surface area contributed by atoms with Crippen LogP contribution in [0, 0.1) is 0 Å². The number of methoxy groups -OCH3 is 1. The smallest absolute Gasteiger partial charge is 0.244 e. The average Bonchev–Trinajstić information content (AvgIpc) is 3.27. The molecule has 1 saturated heterocycles. The molecule has 3 rings (SSSR count). The Morgan fingerprint density at radius 3 is 2.59 bits per heavy atom. The van der Waals surface area contributed by atoms with Gasteiger partial charge in [-0.25, -0.2) is 0 Å². The van der Waals surface area contributed by atoms with Crippen molar-refractivity contribution in [3.63, 3.8) is 0 Å². The Kier molecular flexibility index (Phi) is 7.42. The van der Waals surface area contributed by atoms with E-state index in [2.05, 4.69) is 34.5 Å². The van der Waals surface area contributed by atoms with Gasteiger partial charge in [-0.3, -0.25) is 4.79 Å². The van der Waals surface area contributed by atoms with Gasteiger partial charge in [0.05, 0.1) is 18.7 Å². The van der Waals surface area contributed by atoms with Gasteiger partial charge in [-0.1, -0.05) is 23.7 Å². The highest BCUT2D eigenvalue weighted by molar-refractivity contribution is 6.32. The maximum absolute atomic E-state index is 12.2. The first-order valence-electron chi connectivity index (χ1n) is 9.91. The molecule has 2 aromatic carbocycles. The van der Waals surface area contributed by atoms with Crippen molar-refractivity contribution in [1.82, 2.24) is 5.32 Å². The third-order valence-corrected chi connectivity index (χ3v) is 5.12. The van der Waals surface area contributed by atoms with Crippen LogP contribution in [0.25, 0.3) is 6.08 Å². The van der Waals surface area contributed by atoms with Gasteiger partial charge < -0.3 is 19.7 Å². The van der Waals surface area contributed by atoms with Crippen LogP contribution in [0.3, 0.4) is 0 Å². The van der Waals surface area contributed by atoms with E-state index < -0.39 is 0 Å². The van der Waals surface area contributed by atoms with Crippen molar-refractivity contribution in [1.29, 1.82) is 0 Å². The molecule has 0 bridgehead atoms. The van der Waals surface area contributed by atoms with Gasteiger partial charge >= 0.3 is 0 Å². The van der Waals surface area contributed by atoms with Crippen molar-refractivity contribution in [3.8, 4) is 11.5 Å². The minimum Gasteiger partial charge on any atom is -0.493 e. The number of hydrogen-bond acceptors (Lipinski definition) is 4. The van der Waals surface area contributed by atoms with Gasteiger partial charge in [0.15, 0.2) is 11.5 Å². The van der Waals surface area contributed by atoms with E-state index in [1.165, 1.54) is 24.6 Å². The van der Waals surface area contributed by atoms with Crippen molar-refractivity contribution < 1.29 is 14.3 Å². The molecule has 0 spiro atoms. The highest BCUT2D eigenvalue weighted by Crippen LogP contribution is 2.36. The van der Waals surface area contributed by atoms with Crippen molar-refractivity contribution >= 4 is 29.3 Å². The molecule has 0 saturated carbocycles. The van der Waals surface area contributed by atoms with Gasteiger partial charge in [-0.15, -0.1) is 0 Å². The lowest BCUT2D eigenvalue weighted by Crippen LogP contribution is -2.20. The minimum atomic E-state index is -0.169. The zero-order valence-corrected chi connectivity index (χ0v) is 17.7. The van der Waals surface area contributed by atoms with Crippen molar-refractivity contribution in [2.75, 3.05) is 31.7 Å². The SMILES string of the molecule is CCOc1c(Cl)cc(C=CC(=O)NCc2ccc(N3CCCC3)cc2)cc1OC. The number of amides is 1. The lowest BCUT2D eigenvalue weighted by atomic mass is 10.1. The molecule has 0 aliphatic carbocycles. The highest BCUT2D eigenvalue weighted by Gasteiger charge is 2.12. The van der Waals surface area contributed by atoms with Crippen LogP contribution in [0.5, 0.6) is 11.5 Å². The molecule has 1 heterocycles. The Morgan fingerprint density at radius 1 is 1.21 bits per heavy atom. The van der Waals surface area contributed by atoms with Crippen LogP contribution in [0.1, 0.15) is 30.9 Å². The van der Waals surface area contributed by atoms with E-state index >= 15 is 0 Å². The number of anilines is 1. The molecule has 2 aromatic rings. The lowest BCUT2D eigenvalue weighted by Gasteiger charge is -2.17. The number of rotatable bonds is 8. The summed E-state index contributed by atoms with van der Waals surface area (Å²) in [6.07, 6.45) is 5.71. The summed E-state index contributed by atoms with van der Waals surface area (Å²) in [6.45, 7) is 5.11. The van der Waals surface area contributed by atoms with Gasteiger partial charge in [-0.05, 0) is 61.2 Å². The first-order chi connectivity index (χ1) is 14.1. The Hall–Kier alpha value is -2.66. The Bertz CT molecular complexity index is 859. The highest BCUT2D eigenvalue weighted by atomic mass is 35.5. The maximum Gasteiger partial charge on any atom is 0.244 e. The molecule has 5 nitrogen and oxygen atoms in total. The predicted molar refractivity (Wildman–Crippen MR) is 118 cm³/mol. The topological polar surface area (TPSA) is 50.8 Å². The van der Waals surface area contributed by atoms with E-state index in [9.17, 15) is 4.79 Å². The summed E-state index contributed by atoms with van der Waals surface area (Å²) in [5.41, 5.74) is 3.08. The Labute approximate surface area is 177 Å². The molecular formula is C23H27ClN2O3. The summed E-state index contributed by atoms with van der Waals surface area (Å²) in [5.74, 6) is 0.880. The molecule has 1 fully saturated rings. The maximum atomic E-state index is 12.2. The third-order valence-electron chi connectivity index (χ3n) is 4.84. The van der Waals surface area contributed by atoms with Gasteiger partial charge in [0.25, 0.3) is 0 Å². The first-order valence-corrected chi connectivity index (χ1v) is 10.3. The molecule has 1 aliphatic heterocycles. The van der Waals surface area contributed by atoms with Gasteiger partial charge in [0.2, 0.25) is 5.91 Å². The zero-order chi connectivity index (χ0) is 20.6. The molecule has 1 amide bonds. The molecule has 29 heavy (non-hydrogen) atoms. The quantitative estimate of drug-likeness (QED) is 0.637. The first kappa shape index (κ1) is 21.1. The van der Waals surface area contributed by atoms with Crippen LogP contribution >= 0.6 is 11.6 Å². The predicted octanol–water partition coefficient (Wildman–Crippen LogP) is 4.68. The fourth-order valence-electron chi connectivity index (χ4n) is 3.34. The second kappa shape index (κ2) is 10.2. The number of halogens is 1. The summed E-state index contributed by atoms with van der Waals surface area (Å²) >= 11 is 6.27. The van der Waals surface area contributed by atoms with Crippen molar-refractivity contribution in [3.05, 3.63) is 58.6 Å². The summed E-state index contributed by atoms with van der Waals surface area (Å²) in [7, 11) is 1.56. The summed E-state index contributed by atoms with van der Waals surface area (Å²) in [6, 6.07) is 11.9. The summed E-state index contributed by atoms with van der Waals surface area (Å²) in [4.78, 5) is 14.6.